The van der Waals surface area contributed by atoms with E-state index in [1.54, 1.807) is 12.3 Å². The Morgan fingerprint density at radius 1 is 1.35 bits per heavy atom. The first-order valence-electron chi connectivity index (χ1n) is 6.79. The monoisotopic (exact) mass is 272 g/mol. The molecule has 3 rings (SSSR count). The topological polar surface area (TPSA) is 34.2 Å². The lowest BCUT2D eigenvalue weighted by molar-refractivity contribution is 0.247. The normalized spacial score (nSPS) is 19.0. The molecule has 2 atom stereocenters. The maximum absolute atomic E-state index is 14.0. The van der Waals surface area contributed by atoms with Gasteiger partial charge in [-0.3, -0.25) is 4.98 Å². The molecule has 0 amide bonds. The first-order chi connectivity index (χ1) is 9.81. The van der Waals surface area contributed by atoms with Crippen molar-refractivity contribution < 1.29 is 9.13 Å². The van der Waals surface area contributed by atoms with E-state index in [0.717, 1.165) is 17.7 Å². The number of rotatable bonds is 3. The largest absolute Gasteiger partial charge is 0.493 e. The number of fused-ring (bicyclic) bond motifs is 1. The van der Waals surface area contributed by atoms with Gasteiger partial charge in [-0.1, -0.05) is 18.2 Å². The molecule has 0 saturated carbocycles. The van der Waals surface area contributed by atoms with E-state index in [9.17, 15) is 4.39 Å². The van der Waals surface area contributed by atoms with Gasteiger partial charge >= 0.3 is 0 Å². The third-order valence-corrected chi connectivity index (χ3v) is 3.86. The number of pyridine rings is 1. The molecule has 1 aliphatic heterocycles. The number of para-hydroxylation sites is 1. The fraction of sp³-hybridized carbons (Fsp3) is 0.312. The second-order valence-electron chi connectivity index (χ2n) is 4.94. The van der Waals surface area contributed by atoms with Crippen LogP contribution < -0.4 is 10.1 Å². The third kappa shape index (κ3) is 2.27. The van der Waals surface area contributed by atoms with Gasteiger partial charge in [0.1, 0.15) is 11.6 Å². The molecule has 0 spiro atoms. The third-order valence-electron chi connectivity index (χ3n) is 3.86. The summed E-state index contributed by atoms with van der Waals surface area (Å²) < 4.78 is 19.7. The Hall–Kier alpha value is -1.94. The zero-order valence-electron chi connectivity index (χ0n) is 11.3. The maximum atomic E-state index is 14.0. The standard InChI is InChI=1S/C16H17FN2O/c1-18-16(13-6-8-19-10-14(13)17)12-7-9-20-15-5-3-2-4-11(12)15/h2-6,8,10,12,16,18H,7,9H2,1H3. The lowest BCUT2D eigenvalue weighted by atomic mass is 9.83. The Balaban J connectivity index is 2.01. The van der Waals surface area contributed by atoms with Crippen LogP contribution in [0.3, 0.4) is 0 Å². The highest BCUT2D eigenvalue weighted by Gasteiger charge is 2.30. The number of nitrogens with one attached hydrogen (secondary N) is 1. The number of hydrogen-bond donors (Lipinski definition) is 1. The van der Waals surface area contributed by atoms with E-state index < -0.39 is 0 Å². The molecule has 1 N–H and O–H groups in total. The average molecular weight is 272 g/mol. The summed E-state index contributed by atoms with van der Waals surface area (Å²) in [6.07, 6.45) is 3.77. The summed E-state index contributed by atoms with van der Waals surface area (Å²) in [6.45, 7) is 0.659. The highest BCUT2D eigenvalue weighted by atomic mass is 19.1. The molecule has 3 nitrogen and oxygen atoms in total. The van der Waals surface area contributed by atoms with Crippen LogP contribution >= 0.6 is 0 Å². The molecule has 0 bridgehead atoms. The Morgan fingerprint density at radius 3 is 3.00 bits per heavy atom. The van der Waals surface area contributed by atoms with Gasteiger partial charge in [0.25, 0.3) is 0 Å². The number of benzene rings is 1. The number of nitrogens with zero attached hydrogens (tertiary/aromatic N) is 1. The van der Waals surface area contributed by atoms with E-state index in [4.69, 9.17) is 4.74 Å². The number of aromatic nitrogens is 1. The molecule has 0 aliphatic carbocycles. The minimum atomic E-state index is -0.268. The van der Waals surface area contributed by atoms with Crippen molar-refractivity contribution in [3.05, 3.63) is 59.7 Å². The van der Waals surface area contributed by atoms with Crippen LogP contribution in [0.15, 0.2) is 42.7 Å². The van der Waals surface area contributed by atoms with E-state index in [2.05, 4.69) is 16.4 Å². The number of ether oxygens (including phenoxy) is 1. The molecule has 2 aromatic rings. The lowest BCUT2D eigenvalue weighted by Crippen LogP contribution is -2.28. The van der Waals surface area contributed by atoms with Crippen molar-refractivity contribution in [2.45, 2.75) is 18.4 Å². The molecule has 1 aromatic carbocycles. The first-order valence-corrected chi connectivity index (χ1v) is 6.79. The maximum Gasteiger partial charge on any atom is 0.146 e. The fourth-order valence-electron chi connectivity index (χ4n) is 2.93. The molecule has 4 heteroatoms. The molecule has 2 heterocycles. The molecular formula is C16H17FN2O. The average Bonchev–Trinajstić information content (AvgIpc) is 2.50. The van der Waals surface area contributed by atoms with Crippen molar-refractivity contribution in [1.82, 2.24) is 10.3 Å². The predicted molar refractivity (Wildman–Crippen MR) is 75.3 cm³/mol. The molecule has 2 unspecified atom stereocenters. The van der Waals surface area contributed by atoms with Gasteiger partial charge in [-0.05, 0) is 31.2 Å². The van der Waals surface area contributed by atoms with Crippen molar-refractivity contribution in [2.75, 3.05) is 13.7 Å². The quantitative estimate of drug-likeness (QED) is 0.932. The van der Waals surface area contributed by atoms with E-state index in [-0.39, 0.29) is 17.8 Å². The first kappa shape index (κ1) is 13.1. The Labute approximate surface area is 117 Å². The smallest absolute Gasteiger partial charge is 0.146 e. The molecule has 0 fully saturated rings. The van der Waals surface area contributed by atoms with Gasteiger partial charge in [0.05, 0.1) is 12.8 Å². The summed E-state index contributed by atoms with van der Waals surface area (Å²) >= 11 is 0. The molecule has 1 aromatic heterocycles. The molecule has 104 valence electrons. The summed E-state index contributed by atoms with van der Waals surface area (Å²) in [6, 6.07) is 9.65. The Morgan fingerprint density at radius 2 is 2.20 bits per heavy atom. The van der Waals surface area contributed by atoms with Crippen molar-refractivity contribution in [1.29, 1.82) is 0 Å². The van der Waals surface area contributed by atoms with Crippen molar-refractivity contribution in [3.8, 4) is 5.75 Å². The molecule has 0 radical (unpaired) electrons. The number of hydrogen-bond acceptors (Lipinski definition) is 3. The van der Waals surface area contributed by atoms with Crippen molar-refractivity contribution in [3.63, 3.8) is 0 Å². The highest BCUT2D eigenvalue weighted by molar-refractivity contribution is 5.40. The van der Waals surface area contributed by atoms with Gasteiger partial charge in [0, 0.05) is 23.7 Å². The summed E-state index contributed by atoms with van der Waals surface area (Å²) in [4.78, 5) is 3.82. The summed E-state index contributed by atoms with van der Waals surface area (Å²) in [5.41, 5.74) is 1.79. The highest BCUT2D eigenvalue weighted by Crippen LogP contribution is 2.41. The van der Waals surface area contributed by atoms with Crippen LogP contribution in [0, 0.1) is 5.82 Å². The van der Waals surface area contributed by atoms with Gasteiger partial charge in [-0.15, -0.1) is 0 Å². The zero-order valence-corrected chi connectivity index (χ0v) is 11.3. The van der Waals surface area contributed by atoms with Crippen LogP contribution in [0.25, 0.3) is 0 Å². The summed E-state index contributed by atoms with van der Waals surface area (Å²) in [7, 11) is 1.86. The second-order valence-corrected chi connectivity index (χ2v) is 4.94. The zero-order chi connectivity index (χ0) is 13.9. The minimum Gasteiger partial charge on any atom is -0.493 e. The van der Waals surface area contributed by atoms with E-state index >= 15 is 0 Å². The second kappa shape index (κ2) is 5.59. The van der Waals surface area contributed by atoms with E-state index in [0.29, 0.717) is 12.2 Å². The predicted octanol–water partition coefficient (Wildman–Crippen LogP) is 3.05. The van der Waals surface area contributed by atoms with Gasteiger partial charge in [0.15, 0.2) is 0 Å². The molecular weight excluding hydrogens is 255 g/mol. The van der Waals surface area contributed by atoms with Crippen molar-refractivity contribution >= 4 is 0 Å². The molecule has 1 aliphatic rings. The molecule has 0 saturated heterocycles. The lowest BCUT2D eigenvalue weighted by Gasteiger charge is -2.32. The van der Waals surface area contributed by atoms with Crippen LogP contribution in [-0.2, 0) is 0 Å². The number of halogens is 1. The van der Waals surface area contributed by atoms with Crippen LogP contribution in [-0.4, -0.2) is 18.6 Å². The van der Waals surface area contributed by atoms with Crippen LogP contribution in [0.1, 0.15) is 29.5 Å². The van der Waals surface area contributed by atoms with Crippen LogP contribution in [0.2, 0.25) is 0 Å². The molecule has 20 heavy (non-hydrogen) atoms. The van der Waals surface area contributed by atoms with Gasteiger partial charge in [-0.25, -0.2) is 4.39 Å². The summed E-state index contributed by atoms with van der Waals surface area (Å²) in [5, 5.41) is 3.25. The van der Waals surface area contributed by atoms with E-state index in [1.807, 2.05) is 25.2 Å². The van der Waals surface area contributed by atoms with Crippen molar-refractivity contribution in [2.24, 2.45) is 0 Å². The van der Waals surface area contributed by atoms with Gasteiger partial charge in [-0.2, -0.15) is 0 Å². The Kier molecular flexibility index (Phi) is 3.65. The minimum absolute atomic E-state index is 0.0805. The van der Waals surface area contributed by atoms with Gasteiger partial charge < -0.3 is 10.1 Å². The van der Waals surface area contributed by atoms with Crippen LogP contribution in [0.4, 0.5) is 4.39 Å². The van der Waals surface area contributed by atoms with Crippen LogP contribution in [0.5, 0.6) is 5.75 Å². The van der Waals surface area contributed by atoms with E-state index in [1.165, 1.54) is 6.20 Å². The van der Waals surface area contributed by atoms with Gasteiger partial charge in [0.2, 0.25) is 0 Å². The summed E-state index contributed by atoms with van der Waals surface area (Å²) in [5.74, 6) is 0.830. The fourth-order valence-corrected chi connectivity index (χ4v) is 2.93. The SMILES string of the molecule is CNC(c1ccncc1F)C1CCOc2ccccc21. The number of likely N-dealkylation sites (N-methyl/N-ethyl adjacent to an activating group) is 1. The Bertz CT molecular complexity index is 603.